The van der Waals surface area contributed by atoms with Gasteiger partial charge < -0.3 is 5.32 Å². The summed E-state index contributed by atoms with van der Waals surface area (Å²) in [6, 6.07) is 2.77. The van der Waals surface area contributed by atoms with Gasteiger partial charge in [0.2, 0.25) is 5.91 Å². The smallest absolute Gasteiger partial charge is 0.252 e. The Morgan fingerprint density at radius 1 is 1.53 bits per heavy atom. The van der Waals surface area contributed by atoms with Crippen molar-refractivity contribution in [1.29, 1.82) is 0 Å². The average Bonchev–Trinajstić information content (AvgIpc) is 2.66. The van der Waals surface area contributed by atoms with Crippen LogP contribution in [0.4, 0.5) is 5.82 Å². The molecule has 0 aliphatic carbocycles. The van der Waals surface area contributed by atoms with E-state index in [0.717, 1.165) is 6.42 Å². The van der Waals surface area contributed by atoms with Gasteiger partial charge in [0.25, 0.3) is 5.91 Å². The summed E-state index contributed by atoms with van der Waals surface area (Å²) >= 11 is 5.74. The topological polar surface area (TPSA) is 62.3 Å². The molecule has 0 saturated carbocycles. The van der Waals surface area contributed by atoms with Crippen LogP contribution in [0.25, 0.3) is 0 Å². The second-order valence-corrected chi connectivity index (χ2v) is 5.06. The molecular weight excluding hydrogens is 266 g/mol. The molecule has 1 aromatic heterocycles. The molecule has 0 spiro atoms. The first-order chi connectivity index (χ1) is 9.02. The first kappa shape index (κ1) is 13.8. The van der Waals surface area contributed by atoms with E-state index >= 15 is 0 Å². The third-order valence-corrected chi connectivity index (χ3v) is 3.49. The quantitative estimate of drug-likeness (QED) is 0.858. The average molecular weight is 282 g/mol. The number of aromatic nitrogens is 1. The second kappa shape index (κ2) is 5.57. The summed E-state index contributed by atoms with van der Waals surface area (Å²) in [7, 11) is 0. The highest BCUT2D eigenvalue weighted by Crippen LogP contribution is 2.21. The first-order valence-corrected chi connectivity index (χ1v) is 6.64. The van der Waals surface area contributed by atoms with Crippen LogP contribution in [0.15, 0.2) is 18.3 Å². The van der Waals surface area contributed by atoms with Crippen LogP contribution in [0, 0.1) is 0 Å². The minimum absolute atomic E-state index is 0.0648. The summed E-state index contributed by atoms with van der Waals surface area (Å²) in [6.45, 7) is 3.82. The molecule has 2 unspecified atom stereocenters. The van der Waals surface area contributed by atoms with Gasteiger partial charge >= 0.3 is 0 Å². The van der Waals surface area contributed by atoms with Crippen molar-refractivity contribution in [1.82, 2.24) is 9.88 Å². The zero-order valence-corrected chi connectivity index (χ0v) is 11.6. The van der Waals surface area contributed by atoms with Gasteiger partial charge in [0.1, 0.15) is 11.9 Å². The van der Waals surface area contributed by atoms with Gasteiger partial charge in [-0.3, -0.25) is 14.5 Å². The predicted molar refractivity (Wildman–Crippen MR) is 72.9 cm³/mol. The summed E-state index contributed by atoms with van der Waals surface area (Å²) in [5.74, 6) is 0.225. The van der Waals surface area contributed by atoms with Crippen LogP contribution >= 0.6 is 11.6 Å². The molecule has 6 heteroatoms. The lowest BCUT2D eigenvalue weighted by atomic mass is 10.2. The van der Waals surface area contributed by atoms with E-state index in [2.05, 4.69) is 10.3 Å². The molecule has 1 aliphatic heterocycles. The maximum Gasteiger partial charge on any atom is 0.252 e. The van der Waals surface area contributed by atoms with Crippen LogP contribution in [0.3, 0.4) is 0 Å². The lowest BCUT2D eigenvalue weighted by Crippen LogP contribution is -2.40. The van der Waals surface area contributed by atoms with Crippen molar-refractivity contribution < 1.29 is 9.59 Å². The fourth-order valence-corrected chi connectivity index (χ4v) is 2.16. The maximum atomic E-state index is 12.2. The van der Waals surface area contributed by atoms with E-state index in [4.69, 9.17) is 11.6 Å². The summed E-state index contributed by atoms with van der Waals surface area (Å²) in [4.78, 5) is 29.4. The first-order valence-electron chi connectivity index (χ1n) is 6.27. The Labute approximate surface area is 117 Å². The molecule has 2 heterocycles. The number of imide groups is 1. The van der Waals surface area contributed by atoms with Gasteiger partial charge in [-0.05, 0) is 25.5 Å². The number of hydrogen-bond donors (Lipinski definition) is 1. The van der Waals surface area contributed by atoms with Gasteiger partial charge in [0, 0.05) is 12.2 Å². The Kier molecular flexibility index (Phi) is 4.04. The Hall–Kier alpha value is -1.62. The summed E-state index contributed by atoms with van der Waals surface area (Å²) in [6.07, 6.45) is 2.43. The summed E-state index contributed by atoms with van der Waals surface area (Å²) in [5.41, 5.74) is 0. The second-order valence-electron chi connectivity index (χ2n) is 4.62. The molecular formula is C13H16ClN3O2. The lowest BCUT2D eigenvalue weighted by molar-refractivity contribution is -0.140. The molecule has 102 valence electrons. The number of anilines is 1. The molecule has 5 nitrogen and oxygen atoms in total. The van der Waals surface area contributed by atoms with E-state index in [1.165, 1.54) is 11.1 Å². The Balaban J connectivity index is 2.09. The van der Waals surface area contributed by atoms with E-state index in [0.29, 0.717) is 10.8 Å². The largest absolute Gasteiger partial charge is 0.358 e. The molecule has 19 heavy (non-hydrogen) atoms. The van der Waals surface area contributed by atoms with Crippen molar-refractivity contribution in [3.05, 3.63) is 23.4 Å². The number of hydrogen-bond acceptors (Lipinski definition) is 4. The monoisotopic (exact) mass is 281 g/mol. The highest BCUT2D eigenvalue weighted by atomic mass is 35.5. The van der Waals surface area contributed by atoms with E-state index in [1.54, 1.807) is 12.1 Å². The lowest BCUT2D eigenvalue weighted by Gasteiger charge is -2.21. The predicted octanol–water partition coefficient (Wildman–Crippen LogP) is 2.07. The number of nitrogens with zero attached hydrogens (tertiary/aromatic N) is 2. The number of carbonyl (C=O) groups excluding carboxylic acids is 2. The molecule has 1 aromatic rings. The zero-order valence-electron chi connectivity index (χ0n) is 10.9. The van der Waals surface area contributed by atoms with Crippen LogP contribution in [-0.2, 0) is 9.59 Å². The molecule has 1 aliphatic rings. The number of halogens is 1. The zero-order chi connectivity index (χ0) is 14.0. The molecule has 2 atom stereocenters. The summed E-state index contributed by atoms with van der Waals surface area (Å²) < 4.78 is 0. The van der Waals surface area contributed by atoms with E-state index < -0.39 is 6.04 Å². The molecule has 1 N–H and O–H groups in total. The van der Waals surface area contributed by atoms with Gasteiger partial charge in [-0.15, -0.1) is 0 Å². The van der Waals surface area contributed by atoms with Crippen LogP contribution in [0.5, 0.6) is 0 Å². The highest BCUT2D eigenvalue weighted by molar-refractivity contribution is 6.30. The Bertz CT molecular complexity index is 489. The SMILES string of the molecule is CCC(C)N1C(=O)CC(Nc2ccc(Cl)cn2)C1=O. The van der Waals surface area contributed by atoms with Crippen molar-refractivity contribution >= 4 is 29.2 Å². The van der Waals surface area contributed by atoms with Crippen molar-refractivity contribution in [2.75, 3.05) is 5.32 Å². The minimum Gasteiger partial charge on any atom is -0.358 e. The number of carbonyl (C=O) groups is 2. The standard InChI is InChI=1S/C13H16ClN3O2/c1-3-8(2)17-12(18)6-10(13(17)19)16-11-5-4-9(14)7-15-11/h4-5,7-8,10H,3,6H2,1-2H3,(H,15,16). The van der Waals surface area contributed by atoms with E-state index in [1.807, 2.05) is 13.8 Å². The number of nitrogens with one attached hydrogen (secondary N) is 1. The Morgan fingerprint density at radius 2 is 2.26 bits per heavy atom. The van der Waals surface area contributed by atoms with Crippen molar-refractivity contribution in [3.63, 3.8) is 0 Å². The molecule has 1 saturated heterocycles. The molecule has 2 amide bonds. The normalized spacial score (nSPS) is 20.8. The van der Waals surface area contributed by atoms with E-state index in [-0.39, 0.29) is 24.3 Å². The van der Waals surface area contributed by atoms with Gasteiger partial charge in [0.15, 0.2) is 0 Å². The van der Waals surface area contributed by atoms with Crippen LogP contribution in [-0.4, -0.2) is 33.8 Å². The highest BCUT2D eigenvalue weighted by Gasteiger charge is 2.40. The van der Waals surface area contributed by atoms with Gasteiger partial charge in [-0.2, -0.15) is 0 Å². The molecule has 0 bridgehead atoms. The van der Waals surface area contributed by atoms with Gasteiger partial charge in [0.05, 0.1) is 11.4 Å². The molecule has 1 fully saturated rings. The van der Waals surface area contributed by atoms with Crippen LogP contribution < -0.4 is 5.32 Å². The molecule has 0 radical (unpaired) electrons. The maximum absolute atomic E-state index is 12.2. The molecule has 2 rings (SSSR count). The van der Waals surface area contributed by atoms with Crippen LogP contribution in [0.2, 0.25) is 5.02 Å². The number of likely N-dealkylation sites (tertiary alicyclic amines) is 1. The van der Waals surface area contributed by atoms with E-state index in [9.17, 15) is 9.59 Å². The van der Waals surface area contributed by atoms with Crippen molar-refractivity contribution in [2.24, 2.45) is 0 Å². The molecule has 0 aromatic carbocycles. The Morgan fingerprint density at radius 3 is 2.84 bits per heavy atom. The fraction of sp³-hybridized carbons (Fsp3) is 0.462. The van der Waals surface area contributed by atoms with Crippen molar-refractivity contribution in [3.8, 4) is 0 Å². The third kappa shape index (κ3) is 2.87. The van der Waals surface area contributed by atoms with Crippen LogP contribution in [0.1, 0.15) is 26.7 Å². The number of pyridine rings is 1. The minimum atomic E-state index is -0.532. The van der Waals surface area contributed by atoms with Crippen molar-refractivity contribution in [2.45, 2.75) is 38.8 Å². The fourth-order valence-electron chi connectivity index (χ4n) is 2.05. The number of amides is 2. The summed E-state index contributed by atoms with van der Waals surface area (Å²) in [5, 5.41) is 3.50. The number of rotatable bonds is 4. The van der Waals surface area contributed by atoms with Gasteiger partial charge in [-0.25, -0.2) is 4.98 Å². The van der Waals surface area contributed by atoms with Gasteiger partial charge in [-0.1, -0.05) is 18.5 Å². The third-order valence-electron chi connectivity index (χ3n) is 3.26.